The molecule has 0 saturated carbocycles. The Labute approximate surface area is 256 Å². The minimum atomic E-state index is -1.67. The van der Waals surface area contributed by atoms with Gasteiger partial charge in [0.2, 0.25) is 0 Å². The van der Waals surface area contributed by atoms with Crippen molar-refractivity contribution in [3.8, 4) is 23.0 Å². The molecule has 0 aliphatic carbocycles. The Morgan fingerprint density at radius 3 is 1.04 bits per heavy atom. The fraction of sp³-hybridized carbons (Fsp3) is 0.152. The monoisotopic (exact) mass is 616 g/mol. The number of benzene rings is 4. The molecule has 0 aromatic heterocycles. The fourth-order valence-corrected chi connectivity index (χ4v) is 3.92. The zero-order chi connectivity index (χ0) is 32.4. The second-order valence-electron chi connectivity index (χ2n) is 10.00. The standard InChI is InChI=1S/C33H28O12/c34-25-11-7-21(8-12-25)29(38)42-17-33(18-43-30(39)22-9-13-26(35)14-10-22,19-44-31(40)23-3-1-5-27(36)15-23)20-45-32(41)24-4-2-6-28(37)16-24/h1-16,34-37H,17-20H2. The number of carbonyl (C=O) groups is 4. The van der Waals surface area contributed by atoms with Crippen molar-refractivity contribution in [2.75, 3.05) is 26.4 Å². The maximum Gasteiger partial charge on any atom is 0.338 e. The second kappa shape index (κ2) is 14.4. The third kappa shape index (κ3) is 8.97. The Hall–Kier alpha value is -6.04. The molecule has 0 heterocycles. The van der Waals surface area contributed by atoms with E-state index in [2.05, 4.69) is 0 Å². The predicted molar refractivity (Wildman–Crippen MR) is 156 cm³/mol. The first-order chi connectivity index (χ1) is 21.5. The van der Waals surface area contributed by atoms with E-state index in [0.717, 1.165) is 0 Å². The lowest BCUT2D eigenvalue weighted by Gasteiger charge is -2.31. The van der Waals surface area contributed by atoms with E-state index in [0.29, 0.717) is 0 Å². The number of carbonyl (C=O) groups excluding carboxylic acids is 4. The number of phenols is 4. The third-order valence-electron chi connectivity index (χ3n) is 6.41. The van der Waals surface area contributed by atoms with Gasteiger partial charge >= 0.3 is 23.9 Å². The number of rotatable bonds is 12. The quantitative estimate of drug-likeness (QED) is 0.131. The minimum absolute atomic E-state index is 0.0113. The van der Waals surface area contributed by atoms with Crippen molar-refractivity contribution in [2.45, 2.75) is 0 Å². The van der Waals surface area contributed by atoms with E-state index in [1.54, 1.807) is 0 Å². The molecule has 0 unspecified atom stereocenters. The van der Waals surface area contributed by atoms with Crippen LogP contribution in [0.5, 0.6) is 23.0 Å². The SMILES string of the molecule is O=C(OCC(COC(=O)c1ccc(O)cc1)(COC(=O)c1cccc(O)c1)COC(=O)c1cccc(O)c1)c1ccc(O)cc1. The Morgan fingerprint density at radius 2 is 0.733 bits per heavy atom. The average molecular weight is 617 g/mol. The van der Waals surface area contributed by atoms with E-state index in [9.17, 15) is 39.6 Å². The number of ether oxygens (including phenoxy) is 4. The van der Waals surface area contributed by atoms with Gasteiger partial charge in [-0.05, 0) is 84.9 Å². The molecular formula is C33H28O12. The van der Waals surface area contributed by atoms with Gasteiger partial charge in [-0.2, -0.15) is 0 Å². The highest BCUT2D eigenvalue weighted by Gasteiger charge is 2.38. The molecule has 0 fully saturated rings. The summed E-state index contributed by atoms with van der Waals surface area (Å²) in [5.74, 6) is -4.01. The first-order valence-electron chi connectivity index (χ1n) is 13.4. The van der Waals surface area contributed by atoms with Gasteiger partial charge in [0.1, 0.15) is 54.8 Å². The summed E-state index contributed by atoms with van der Waals surface area (Å²) < 4.78 is 22.0. The Kier molecular flexibility index (Phi) is 10.2. The van der Waals surface area contributed by atoms with Crippen LogP contribution in [0.3, 0.4) is 0 Å². The molecule has 0 amide bonds. The van der Waals surface area contributed by atoms with Crippen molar-refractivity contribution in [3.05, 3.63) is 119 Å². The van der Waals surface area contributed by atoms with Crippen LogP contribution in [0.1, 0.15) is 41.4 Å². The molecule has 45 heavy (non-hydrogen) atoms. The molecule has 4 aromatic rings. The summed E-state index contributed by atoms with van der Waals surface area (Å²) in [5.41, 5.74) is -1.56. The lowest BCUT2D eigenvalue weighted by atomic mass is 9.92. The van der Waals surface area contributed by atoms with Crippen LogP contribution in [-0.2, 0) is 18.9 Å². The third-order valence-corrected chi connectivity index (χ3v) is 6.41. The highest BCUT2D eigenvalue weighted by atomic mass is 16.6. The van der Waals surface area contributed by atoms with Crippen LogP contribution >= 0.6 is 0 Å². The van der Waals surface area contributed by atoms with Crippen molar-refractivity contribution < 1.29 is 58.6 Å². The first kappa shape index (κ1) is 31.9. The maximum absolute atomic E-state index is 12.9. The van der Waals surface area contributed by atoms with Gasteiger partial charge in [0.15, 0.2) is 0 Å². The van der Waals surface area contributed by atoms with Crippen LogP contribution in [0, 0.1) is 5.41 Å². The smallest absolute Gasteiger partial charge is 0.338 e. The lowest BCUT2D eigenvalue weighted by Crippen LogP contribution is -2.44. The van der Waals surface area contributed by atoms with Gasteiger partial charge in [-0.25, -0.2) is 19.2 Å². The molecule has 0 atom stereocenters. The van der Waals surface area contributed by atoms with Crippen molar-refractivity contribution in [2.24, 2.45) is 5.41 Å². The van der Waals surface area contributed by atoms with Gasteiger partial charge in [0, 0.05) is 0 Å². The Bertz CT molecular complexity index is 1540. The minimum Gasteiger partial charge on any atom is -0.508 e. The van der Waals surface area contributed by atoms with E-state index < -0.39 is 55.7 Å². The summed E-state index contributed by atoms with van der Waals surface area (Å²) in [5, 5.41) is 38.7. The number of phenolic OH excluding ortho intramolecular Hbond substituents is 4. The van der Waals surface area contributed by atoms with E-state index in [-0.39, 0.29) is 45.3 Å². The second-order valence-corrected chi connectivity index (χ2v) is 10.00. The van der Waals surface area contributed by atoms with Crippen LogP contribution < -0.4 is 0 Å². The lowest BCUT2D eigenvalue weighted by molar-refractivity contribution is -0.0642. The van der Waals surface area contributed by atoms with Crippen LogP contribution in [0.25, 0.3) is 0 Å². The number of esters is 4. The zero-order valence-corrected chi connectivity index (χ0v) is 23.6. The highest BCUT2D eigenvalue weighted by Crippen LogP contribution is 2.25. The fourth-order valence-electron chi connectivity index (χ4n) is 3.92. The average Bonchev–Trinajstić information content (AvgIpc) is 3.04. The van der Waals surface area contributed by atoms with Gasteiger partial charge in [-0.15, -0.1) is 0 Å². The summed E-state index contributed by atoms with van der Waals surface area (Å²) in [4.78, 5) is 51.5. The molecule has 0 radical (unpaired) electrons. The molecule has 0 saturated heterocycles. The topological polar surface area (TPSA) is 186 Å². The van der Waals surface area contributed by atoms with E-state index in [1.165, 1.54) is 97.1 Å². The summed E-state index contributed by atoms with van der Waals surface area (Å²) in [6, 6.07) is 21.0. The van der Waals surface area contributed by atoms with Crippen LogP contribution in [-0.4, -0.2) is 70.7 Å². The number of hydrogen-bond acceptors (Lipinski definition) is 12. The molecule has 12 heteroatoms. The molecule has 0 aliphatic rings. The largest absolute Gasteiger partial charge is 0.508 e. The normalized spacial score (nSPS) is 10.8. The molecule has 4 aromatic carbocycles. The Balaban J connectivity index is 1.62. The van der Waals surface area contributed by atoms with E-state index in [1.807, 2.05) is 0 Å². The molecular weight excluding hydrogens is 588 g/mol. The maximum atomic E-state index is 12.9. The summed E-state index contributed by atoms with van der Waals surface area (Å²) in [7, 11) is 0. The number of aromatic hydroxyl groups is 4. The van der Waals surface area contributed by atoms with Crippen molar-refractivity contribution in [1.29, 1.82) is 0 Å². The summed E-state index contributed by atoms with van der Waals surface area (Å²) in [6.45, 7) is -2.37. The van der Waals surface area contributed by atoms with Gasteiger partial charge in [0.05, 0.1) is 22.3 Å². The zero-order valence-electron chi connectivity index (χ0n) is 23.6. The molecule has 4 rings (SSSR count). The highest BCUT2D eigenvalue weighted by molar-refractivity contribution is 5.91. The van der Waals surface area contributed by atoms with Crippen LogP contribution in [0.15, 0.2) is 97.1 Å². The molecule has 4 N–H and O–H groups in total. The van der Waals surface area contributed by atoms with Crippen molar-refractivity contribution in [1.82, 2.24) is 0 Å². The first-order valence-corrected chi connectivity index (χ1v) is 13.4. The van der Waals surface area contributed by atoms with E-state index in [4.69, 9.17) is 18.9 Å². The van der Waals surface area contributed by atoms with Gasteiger partial charge in [-0.1, -0.05) is 12.1 Å². The molecule has 12 nitrogen and oxygen atoms in total. The Morgan fingerprint density at radius 1 is 0.422 bits per heavy atom. The predicted octanol–water partition coefficient (Wildman–Crippen LogP) is 4.22. The van der Waals surface area contributed by atoms with Crippen LogP contribution in [0.2, 0.25) is 0 Å². The molecule has 0 aliphatic heterocycles. The van der Waals surface area contributed by atoms with Crippen molar-refractivity contribution >= 4 is 23.9 Å². The van der Waals surface area contributed by atoms with Gasteiger partial charge < -0.3 is 39.4 Å². The van der Waals surface area contributed by atoms with Crippen LogP contribution in [0.4, 0.5) is 0 Å². The number of hydrogen-bond donors (Lipinski definition) is 4. The molecule has 0 spiro atoms. The summed E-state index contributed by atoms with van der Waals surface area (Å²) in [6.07, 6.45) is 0. The molecule has 0 bridgehead atoms. The van der Waals surface area contributed by atoms with Gasteiger partial charge in [0.25, 0.3) is 0 Å². The van der Waals surface area contributed by atoms with E-state index >= 15 is 0 Å². The van der Waals surface area contributed by atoms with Gasteiger partial charge in [-0.3, -0.25) is 0 Å². The summed E-state index contributed by atoms with van der Waals surface area (Å²) >= 11 is 0. The van der Waals surface area contributed by atoms with Crippen molar-refractivity contribution in [3.63, 3.8) is 0 Å². The molecule has 232 valence electrons.